The first-order chi connectivity index (χ1) is 8.40. The molecule has 0 amide bonds. The molecular weight excluding hydrogens is 230 g/mol. The van der Waals surface area contributed by atoms with Gasteiger partial charge in [0.25, 0.3) is 0 Å². The Kier molecular flexibility index (Phi) is 4.36. The third kappa shape index (κ3) is 3.44. The van der Waals surface area contributed by atoms with E-state index in [2.05, 4.69) is 29.0 Å². The summed E-state index contributed by atoms with van der Waals surface area (Å²) in [6, 6.07) is 18.5. The summed E-state index contributed by atoms with van der Waals surface area (Å²) >= 11 is 1.47. The van der Waals surface area contributed by atoms with Crippen molar-refractivity contribution in [1.29, 1.82) is 0 Å². The minimum absolute atomic E-state index is 0.366. The minimum Gasteiger partial charge on any atom is -0.302 e. The van der Waals surface area contributed by atoms with Gasteiger partial charge in [0.2, 0.25) is 0 Å². The summed E-state index contributed by atoms with van der Waals surface area (Å²) in [5, 5.41) is 0. The highest BCUT2D eigenvalue weighted by atomic mass is 32.2. The van der Waals surface area contributed by atoms with Crippen LogP contribution in [0, 0.1) is 0 Å². The van der Waals surface area contributed by atoms with Gasteiger partial charge < -0.3 is 4.79 Å². The Morgan fingerprint density at radius 3 is 2.24 bits per heavy atom. The fraction of sp³-hybridized carbons (Fsp3) is 0.0714. The molecule has 0 aromatic heterocycles. The van der Waals surface area contributed by atoms with Crippen molar-refractivity contribution < 1.29 is 4.79 Å². The molecule has 2 nitrogen and oxygen atoms in total. The van der Waals surface area contributed by atoms with Crippen molar-refractivity contribution in [3.05, 3.63) is 54.6 Å². The van der Waals surface area contributed by atoms with Gasteiger partial charge in [0.1, 0.15) is 6.29 Å². The van der Waals surface area contributed by atoms with E-state index in [4.69, 9.17) is 0 Å². The first-order valence-corrected chi connectivity index (χ1v) is 6.20. The van der Waals surface area contributed by atoms with Crippen LogP contribution in [0.5, 0.6) is 0 Å². The molecular formula is C14H13NOS. The molecule has 0 saturated carbocycles. The van der Waals surface area contributed by atoms with Gasteiger partial charge in [-0.25, -0.2) is 0 Å². The second kappa shape index (κ2) is 6.23. The van der Waals surface area contributed by atoms with E-state index < -0.39 is 0 Å². The summed E-state index contributed by atoms with van der Waals surface area (Å²) in [5.41, 5.74) is 2.41. The van der Waals surface area contributed by atoms with Crippen LogP contribution in [0.25, 0.3) is 11.1 Å². The lowest BCUT2D eigenvalue weighted by molar-refractivity contribution is -0.106. The average molecular weight is 243 g/mol. The molecule has 0 radical (unpaired) electrons. The standard InChI is InChI=1S/C14H13NOS/c16-11-10-15-17-14-8-6-13(7-9-14)12-4-2-1-3-5-12/h1-9,11,15H,10H2. The predicted molar refractivity (Wildman–Crippen MR) is 71.8 cm³/mol. The third-order valence-electron chi connectivity index (χ3n) is 2.32. The monoisotopic (exact) mass is 243 g/mol. The normalized spacial score (nSPS) is 10.1. The van der Waals surface area contributed by atoms with Crippen molar-refractivity contribution in [2.45, 2.75) is 4.90 Å². The molecule has 2 aromatic rings. The Morgan fingerprint density at radius 2 is 1.59 bits per heavy atom. The molecule has 0 fully saturated rings. The molecule has 1 N–H and O–H groups in total. The number of carbonyl (C=O) groups excluding carboxylic acids is 1. The van der Waals surface area contributed by atoms with Crippen LogP contribution in [0.15, 0.2) is 59.5 Å². The number of hydrogen-bond acceptors (Lipinski definition) is 3. The highest BCUT2D eigenvalue weighted by Crippen LogP contribution is 2.22. The molecule has 86 valence electrons. The zero-order chi connectivity index (χ0) is 11.9. The van der Waals surface area contributed by atoms with Crippen molar-refractivity contribution in [2.24, 2.45) is 0 Å². The van der Waals surface area contributed by atoms with Crippen molar-refractivity contribution in [1.82, 2.24) is 4.72 Å². The lowest BCUT2D eigenvalue weighted by atomic mass is 10.1. The number of carbonyl (C=O) groups is 1. The Morgan fingerprint density at radius 1 is 0.941 bits per heavy atom. The number of aldehydes is 1. The maximum Gasteiger partial charge on any atom is 0.134 e. The molecule has 3 heteroatoms. The SMILES string of the molecule is O=CCNSc1ccc(-c2ccccc2)cc1. The van der Waals surface area contributed by atoms with Crippen molar-refractivity contribution in [2.75, 3.05) is 6.54 Å². The van der Waals surface area contributed by atoms with Gasteiger partial charge >= 0.3 is 0 Å². The summed E-state index contributed by atoms with van der Waals surface area (Å²) in [6.07, 6.45) is 0.853. The summed E-state index contributed by atoms with van der Waals surface area (Å²) < 4.78 is 2.96. The molecule has 17 heavy (non-hydrogen) atoms. The summed E-state index contributed by atoms with van der Waals surface area (Å²) in [4.78, 5) is 11.3. The van der Waals surface area contributed by atoms with Crippen molar-refractivity contribution in [3.8, 4) is 11.1 Å². The van der Waals surface area contributed by atoms with E-state index in [1.165, 1.54) is 23.1 Å². The highest BCUT2D eigenvalue weighted by Gasteiger charge is 1.97. The molecule has 2 aromatic carbocycles. The Bertz CT molecular complexity index is 467. The molecule has 2 rings (SSSR count). The fourth-order valence-electron chi connectivity index (χ4n) is 1.51. The number of rotatable bonds is 5. The first kappa shape index (κ1) is 11.9. The highest BCUT2D eigenvalue weighted by molar-refractivity contribution is 7.97. The van der Waals surface area contributed by atoms with Gasteiger partial charge in [0.15, 0.2) is 0 Å². The lowest BCUT2D eigenvalue weighted by Gasteiger charge is -2.03. The van der Waals surface area contributed by atoms with Crippen molar-refractivity contribution >= 4 is 18.2 Å². The van der Waals surface area contributed by atoms with Gasteiger partial charge in [-0.2, -0.15) is 0 Å². The first-order valence-electron chi connectivity index (χ1n) is 5.39. The van der Waals surface area contributed by atoms with Crippen LogP contribution in [0.1, 0.15) is 0 Å². The number of hydrogen-bond donors (Lipinski definition) is 1. The van der Waals surface area contributed by atoms with Crippen LogP contribution in [0.3, 0.4) is 0 Å². The van der Waals surface area contributed by atoms with Crippen LogP contribution in [-0.4, -0.2) is 12.8 Å². The Labute approximate surface area is 105 Å². The molecule has 0 aliphatic rings. The van der Waals surface area contributed by atoms with E-state index >= 15 is 0 Å². The number of benzene rings is 2. The van der Waals surface area contributed by atoms with Crippen LogP contribution >= 0.6 is 11.9 Å². The van der Waals surface area contributed by atoms with Crippen LogP contribution in [0.2, 0.25) is 0 Å². The third-order valence-corrected chi connectivity index (χ3v) is 3.14. The Hall–Kier alpha value is -1.58. The van der Waals surface area contributed by atoms with E-state index in [1.54, 1.807) is 0 Å². The molecule has 0 aliphatic heterocycles. The molecule has 0 heterocycles. The second-order valence-corrected chi connectivity index (χ2v) is 4.47. The van der Waals surface area contributed by atoms with Crippen molar-refractivity contribution in [3.63, 3.8) is 0 Å². The predicted octanol–water partition coefficient (Wildman–Crippen LogP) is 3.15. The van der Waals surface area contributed by atoms with E-state index in [1.807, 2.05) is 30.3 Å². The van der Waals surface area contributed by atoms with Crippen LogP contribution in [0.4, 0.5) is 0 Å². The zero-order valence-corrected chi connectivity index (χ0v) is 10.1. The molecule has 0 spiro atoms. The van der Waals surface area contributed by atoms with E-state index in [0.717, 1.165) is 11.2 Å². The number of nitrogens with one attached hydrogen (secondary N) is 1. The van der Waals surface area contributed by atoms with Gasteiger partial charge in [0, 0.05) is 4.90 Å². The maximum atomic E-state index is 10.2. The Balaban J connectivity index is 2.05. The van der Waals surface area contributed by atoms with E-state index in [9.17, 15) is 4.79 Å². The lowest BCUT2D eigenvalue weighted by Crippen LogP contribution is -2.05. The van der Waals surface area contributed by atoms with E-state index in [-0.39, 0.29) is 0 Å². The van der Waals surface area contributed by atoms with E-state index in [0.29, 0.717) is 6.54 Å². The molecule has 0 saturated heterocycles. The summed E-state index contributed by atoms with van der Waals surface area (Å²) in [5.74, 6) is 0. The smallest absolute Gasteiger partial charge is 0.134 e. The molecule has 0 aliphatic carbocycles. The summed E-state index contributed by atoms with van der Waals surface area (Å²) in [6.45, 7) is 0.366. The fourth-order valence-corrected chi connectivity index (χ4v) is 2.10. The molecule has 0 atom stereocenters. The molecule has 0 unspecified atom stereocenters. The van der Waals surface area contributed by atoms with Crippen LogP contribution < -0.4 is 4.72 Å². The largest absolute Gasteiger partial charge is 0.302 e. The summed E-state index contributed by atoms with van der Waals surface area (Å²) in [7, 11) is 0. The van der Waals surface area contributed by atoms with Gasteiger partial charge in [0.05, 0.1) is 6.54 Å². The van der Waals surface area contributed by atoms with Gasteiger partial charge in [-0.15, -0.1) is 0 Å². The van der Waals surface area contributed by atoms with Gasteiger partial charge in [-0.1, -0.05) is 42.5 Å². The zero-order valence-electron chi connectivity index (χ0n) is 9.30. The van der Waals surface area contributed by atoms with Gasteiger partial charge in [-0.05, 0) is 35.2 Å². The average Bonchev–Trinajstić information content (AvgIpc) is 2.41. The second-order valence-electron chi connectivity index (χ2n) is 3.51. The quantitative estimate of drug-likeness (QED) is 0.497. The van der Waals surface area contributed by atoms with Gasteiger partial charge in [-0.3, -0.25) is 4.72 Å². The molecule has 0 bridgehead atoms. The van der Waals surface area contributed by atoms with Crippen LogP contribution in [-0.2, 0) is 4.79 Å². The topological polar surface area (TPSA) is 29.1 Å². The minimum atomic E-state index is 0.366. The maximum absolute atomic E-state index is 10.2.